The molecule has 69 heavy (non-hydrogen) atoms. The van der Waals surface area contributed by atoms with Crippen molar-refractivity contribution in [3.8, 4) is 0 Å². The molecule has 3 saturated heterocycles. The Bertz CT molecular complexity index is 1980. The van der Waals surface area contributed by atoms with Crippen molar-refractivity contribution in [3.63, 3.8) is 0 Å². The van der Waals surface area contributed by atoms with Gasteiger partial charge in [-0.3, -0.25) is 9.59 Å². The SMILES string of the molecule is CC1(C)OB(B2OC(C)(C)C(C)(C)O2)OC1(C)C.CCN(CC)C(=O)c1ccc(B2OC(C)(C)C(C)(C)O2)cc1.CCN(CC)C(=O)c1ccc(Br)cc1.CCNCC.O=C(O)c1ccc(Br)cc1. The molecule has 0 radical (unpaired) electrons. The number of aromatic carboxylic acids is 1. The van der Waals surface area contributed by atoms with Crippen LogP contribution in [-0.4, -0.2) is 127 Å². The van der Waals surface area contributed by atoms with Gasteiger partial charge in [0.05, 0.1) is 39.2 Å². The van der Waals surface area contributed by atoms with Gasteiger partial charge in [0.1, 0.15) is 0 Å². The van der Waals surface area contributed by atoms with Gasteiger partial charge in [-0.05, 0) is 190 Å². The molecule has 0 atom stereocenters. The zero-order valence-electron chi connectivity index (χ0n) is 44.7. The Kier molecular flexibility index (Phi) is 23.9. The number of amides is 2. The van der Waals surface area contributed by atoms with E-state index in [9.17, 15) is 14.4 Å². The molecule has 6 rings (SSSR count). The molecule has 3 aromatic carbocycles. The first kappa shape index (κ1) is 62.1. The van der Waals surface area contributed by atoms with E-state index in [4.69, 9.17) is 33.0 Å². The van der Waals surface area contributed by atoms with Crippen LogP contribution in [0.4, 0.5) is 0 Å². The van der Waals surface area contributed by atoms with Crippen molar-refractivity contribution in [1.82, 2.24) is 15.1 Å². The van der Waals surface area contributed by atoms with E-state index in [1.165, 1.54) is 0 Å². The summed E-state index contributed by atoms with van der Waals surface area (Å²) in [6.07, 6.45) is 0. The Morgan fingerprint density at radius 1 is 0.464 bits per heavy atom. The van der Waals surface area contributed by atoms with Gasteiger partial charge in [-0.15, -0.1) is 0 Å². The molecule has 3 heterocycles. The van der Waals surface area contributed by atoms with E-state index in [-0.39, 0.29) is 52.5 Å². The van der Waals surface area contributed by atoms with E-state index < -0.39 is 20.0 Å². The predicted molar refractivity (Wildman–Crippen MR) is 288 cm³/mol. The number of carboxylic acid groups (broad SMARTS) is 1. The molecule has 382 valence electrons. The zero-order valence-corrected chi connectivity index (χ0v) is 47.8. The van der Waals surface area contributed by atoms with Crippen molar-refractivity contribution in [2.75, 3.05) is 39.3 Å². The van der Waals surface area contributed by atoms with Crippen LogP contribution in [0, 0.1) is 0 Å². The van der Waals surface area contributed by atoms with E-state index in [1.54, 1.807) is 24.3 Å². The van der Waals surface area contributed by atoms with Crippen molar-refractivity contribution in [3.05, 3.63) is 98.4 Å². The van der Waals surface area contributed by atoms with Crippen LogP contribution in [0.1, 0.15) is 156 Å². The summed E-state index contributed by atoms with van der Waals surface area (Å²) >= 11 is 6.54. The maximum Gasteiger partial charge on any atom is 0.494 e. The van der Waals surface area contributed by atoms with Gasteiger partial charge in [-0.2, -0.15) is 0 Å². The molecule has 3 fully saturated rings. The standard InChI is InChI=1S/C17H26BNO3.C12H24B2O4.C11H14BrNO.C7H5BrO2.C4H11N/c1-7-19(8-2)15(20)13-9-11-14(12-10-13)18-21-16(3,4)17(5,6)22-18;1-9(2)10(3,4)16-13(15-9)14-17-11(5,6)12(7,8)18-14;1-3-13(4-2)11(14)9-5-7-10(12)8-6-9;8-6-3-1-5(2-4-6)7(9)10;1-3-5-4-2/h9-12H,7-8H2,1-6H3;1-8H3;5-8H,3-4H2,1-2H3;1-4H,(H,9,10);5H,3-4H2,1-2H3. The normalized spacial score (nSPS) is 18.5. The monoisotopic (exact) mass is 1090 g/mol. The average Bonchev–Trinajstić information content (AvgIpc) is 3.75. The third kappa shape index (κ3) is 17.3. The van der Waals surface area contributed by atoms with Crippen molar-refractivity contribution in [2.45, 2.75) is 158 Å². The Labute approximate surface area is 432 Å². The second-order valence-corrected chi connectivity index (χ2v) is 21.5. The van der Waals surface area contributed by atoms with E-state index in [0.717, 1.165) is 46.2 Å². The van der Waals surface area contributed by atoms with E-state index in [2.05, 4.69) is 51.0 Å². The maximum atomic E-state index is 12.3. The van der Waals surface area contributed by atoms with Crippen molar-refractivity contribution in [2.24, 2.45) is 0 Å². The molecule has 18 heteroatoms. The zero-order chi connectivity index (χ0) is 52.8. The highest BCUT2D eigenvalue weighted by molar-refractivity contribution is 9.10. The van der Waals surface area contributed by atoms with Crippen LogP contribution in [0.2, 0.25) is 0 Å². The summed E-state index contributed by atoms with van der Waals surface area (Å²) in [5.41, 5.74) is 0.546. The second kappa shape index (κ2) is 26.6. The fourth-order valence-corrected chi connectivity index (χ4v) is 7.11. The van der Waals surface area contributed by atoms with Crippen LogP contribution in [0.25, 0.3) is 0 Å². The van der Waals surface area contributed by atoms with Crippen molar-refractivity contribution >= 4 is 76.2 Å². The molecule has 3 aromatic rings. The van der Waals surface area contributed by atoms with Crippen LogP contribution >= 0.6 is 31.9 Å². The molecule has 0 aliphatic carbocycles. The minimum Gasteiger partial charge on any atom is -0.478 e. The summed E-state index contributed by atoms with van der Waals surface area (Å²) in [6, 6.07) is 21.5. The summed E-state index contributed by atoms with van der Waals surface area (Å²) < 4.78 is 37.8. The van der Waals surface area contributed by atoms with E-state index in [0.29, 0.717) is 24.2 Å². The number of carboxylic acids is 1. The van der Waals surface area contributed by atoms with Gasteiger partial charge >= 0.3 is 27.1 Å². The Balaban J connectivity index is 0.000000315. The number of carbonyl (C=O) groups is 3. The van der Waals surface area contributed by atoms with Gasteiger partial charge in [0, 0.05) is 46.3 Å². The molecule has 3 aliphatic heterocycles. The lowest BCUT2D eigenvalue weighted by molar-refractivity contribution is 0.00578. The van der Waals surface area contributed by atoms with E-state index >= 15 is 0 Å². The highest BCUT2D eigenvalue weighted by atomic mass is 79.9. The lowest BCUT2D eigenvalue weighted by atomic mass is 9.49. The third-order valence-corrected chi connectivity index (χ3v) is 14.3. The minimum absolute atomic E-state index is 0.0606. The predicted octanol–water partition coefficient (Wildman–Crippen LogP) is 10.4. The summed E-state index contributed by atoms with van der Waals surface area (Å²) in [5, 5.41) is 11.6. The molecule has 0 bridgehead atoms. The smallest absolute Gasteiger partial charge is 0.478 e. The van der Waals surface area contributed by atoms with E-state index in [1.807, 2.05) is 169 Å². The number of halogens is 2. The first-order chi connectivity index (χ1) is 31.9. The lowest BCUT2D eigenvalue weighted by Gasteiger charge is -2.32. The minimum atomic E-state index is -0.896. The van der Waals surface area contributed by atoms with Gasteiger partial charge in [-0.25, -0.2) is 4.79 Å². The summed E-state index contributed by atoms with van der Waals surface area (Å²) in [4.78, 5) is 38.1. The molecule has 2 N–H and O–H groups in total. The first-order valence-corrected chi connectivity index (χ1v) is 25.7. The van der Waals surface area contributed by atoms with Crippen LogP contribution < -0.4 is 10.8 Å². The number of nitrogens with one attached hydrogen (secondary N) is 1. The molecule has 0 spiro atoms. The third-order valence-electron chi connectivity index (χ3n) is 13.2. The number of hydrogen-bond acceptors (Lipinski definition) is 10. The average molecular weight is 1090 g/mol. The highest BCUT2D eigenvalue weighted by Gasteiger charge is 2.63. The molecular formula is C51H80B3Br2N3O10. The summed E-state index contributed by atoms with van der Waals surface area (Å²) in [6.45, 7) is 41.6. The highest BCUT2D eigenvalue weighted by Crippen LogP contribution is 2.43. The number of carbonyl (C=O) groups excluding carboxylic acids is 2. The molecule has 0 aromatic heterocycles. The van der Waals surface area contributed by atoms with Crippen LogP contribution in [0.3, 0.4) is 0 Å². The van der Waals surface area contributed by atoms with Gasteiger partial charge < -0.3 is 48.1 Å². The van der Waals surface area contributed by atoms with Gasteiger partial charge in [-0.1, -0.05) is 57.8 Å². The number of hydrogen-bond donors (Lipinski definition) is 2. The largest absolute Gasteiger partial charge is 0.494 e. The lowest BCUT2D eigenvalue weighted by Crippen LogP contribution is -2.41. The van der Waals surface area contributed by atoms with Crippen LogP contribution in [-0.2, 0) is 27.9 Å². The summed E-state index contributed by atoms with van der Waals surface area (Å²) in [7, 11) is -1.34. The fraction of sp³-hybridized carbons (Fsp3) is 0.588. The Morgan fingerprint density at radius 3 is 0.971 bits per heavy atom. The fourth-order valence-electron chi connectivity index (χ4n) is 6.58. The summed E-state index contributed by atoms with van der Waals surface area (Å²) in [5.74, 6) is -0.736. The number of nitrogens with zero attached hydrogens (tertiary/aromatic N) is 2. The maximum absolute atomic E-state index is 12.3. The first-order valence-electron chi connectivity index (χ1n) is 24.1. The van der Waals surface area contributed by atoms with Gasteiger partial charge in [0.2, 0.25) is 0 Å². The van der Waals surface area contributed by atoms with Crippen molar-refractivity contribution < 1.29 is 47.4 Å². The molecule has 13 nitrogen and oxygen atoms in total. The van der Waals surface area contributed by atoms with Gasteiger partial charge in [0.25, 0.3) is 11.8 Å². The number of benzene rings is 3. The second-order valence-electron chi connectivity index (χ2n) is 19.7. The van der Waals surface area contributed by atoms with Gasteiger partial charge in [0.15, 0.2) is 0 Å². The topological polar surface area (TPSA) is 145 Å². The molecule has 2 amide bonds. The van der Waals surface area contributed by atoms with Crippen LogP contribution in [0.15, 0.2) is 81.7 Å². The molecular weight excluding hydrogens is 1010 g/mol. The number of rotatable bonds is 11. The Morgan fingerprint density at radius 2 is 0.725 bits per heavy atom. The Hall–Kier alpha value is -3.06. The molecule has 0 unspecified atom stereocenters. The van der Waals surface area contributed by atoms with Crippen LogP contribution in [0.5, 0.6) is 0 Å². The van der Waals surface area contributed by atoms with Crippen molar-refractivity contribution in [1.29, 1.82) is 0 Å². The molecule has 0 saturated carbocycles. The quantitative estimate of drug-likeness (QED) is 0.177. The molecule has 3 aliphatic rings.